The summed E-state index contributed by atoms with van der Waals surface area (Å²) in [4.78, 5) is 0. The van der Waals surface area contributed by atoms with Gasteiger partial charge in [0.1, 0.15) is 0 Å². The van der Waals surface area contributed by atoms with Crippen LogP contribution in [-0.2, 0) is 0 Å². The normalized spacial score (nSPS) is 12.1. The number of benzene rings is 2. The number of hydrogen-bond donors (Lipinski definition) is 0. The molecule has 0 aliphatic carbocycles. The lowest BCUT2D eigenvalue weighted by molar-refractivity contribution is 1.62. The molecule has 2 aromatic rings. The zero-order valence-corrected chi connectivity index (χ0v) is 8.73. The molecule has 2 aromatic carbocycles. The zero-order chi connectivity index (χ0) is 11.7. The fraction of sp³-hybridized carbons (Fsp3) is 0. The summed E-state index contributed by atoms with van der Waals surface area (Å²) >= 11 is 12.0. The first-order valence-corrected chi connectivity index (χ1v) is 4.87. The Kier molecular flexibility index (Phi) is 2.11. The number of rotatable bonds is 1. The van der Waals surface area contributed by atoms with Gasteiger partial charge in [-0.2, -0.15) is 0 Å². The topological polar surface area (TPSA) is 0 Å². The Morgan fingerprint density at radius 3 is 2.43 bits per heavy atom. The molecule has 70 valence electrons. The summed E-state index contributed by atoms with van der Waals surface area (Å²) in [6.45, 7) is 0. The molecule has 0 radical (unpaired) electrons. The maximum atomic E-state index is 7.51. The minimum atomic E-state index is 0.215. The molecule has 0 bridgehead atoms. The maximum absolute atomic E-state index is 7.51. The Morgan fingerprint density at radius 2 is 1.71 bits per heavy atom. The molecule has 0 saturated heterocycles. The van der Waals surface area contributed by atoms with E-state index < -0.39 is 0 Å². The first-order valence-electron chi connectivity index (χ1n) is 5.11. The minimum Gasteiger partial charge on any atom is -0.0827 e. The average Bonchev–Trinajstić information content (AvgIpc) is 2.28. The van der Waals surface area contributed by atoms with Gasteiger partial charge in [0.2, 0.25) is 0 Å². The quantitative estimate of drug-likeness (QED) is 0.662. The highest BCUT2D eigenvalue weighted by molar-refractivity contribution is 6.43. The first kappa shape index (κ1) is 7.33. The molecule has 0 heterocycles. The van der Waals surface area contributed by atoms with Gasteiger partial charge < -0.3 is 0 Å². The Hall–Kier alpha value is -0.980. The van der Waals surface area contributed by atoms with Crippen molar-refractivity contribution in [3.63, 3.8) is 0 Å². The zero-order valence-electron chi connectivity index (χ0n) is 9.22. The summed E-state index contributed by atoms with van der Waals surface area (Å²) in [5, 5.41) is 0.640. The lowest BCUT2D eigenvalue weighted by Gasteiger charge is -2.04. The van der Waals surface area contributed by atoms with Gasteiger partial charge in [-0.15, -0.1) is 0 Å². The van der Waals surface area contributed by atoms with Gasteiger partial charge in [-0.3, -0.25) is 0 Å². The van der Waals surface area contributed by atoms with E-state index in [-0.39, 0.29) is 11.1 Å². The van der Waals surface area contributed by atoms with E-state index in [4.69, 9.17) is 25.9 Å². The third-order valence-corrected chi connectivity index (χ3v) is 2.71. The molecule has 2 rings (SSSR count). The molecular formula is C12H8Cl2. The minimum absolute atomic E-state index is 0.215. The maximum Gasteiger partial charge on any atom is 0.0670 e. The van der Waals surface area contributed by atoms with Crippen LogP contribution < -0.4 is 0 Å². The molecule has 2 heteroatoms. The van der Waals surface area contributed by atoms with Crippen LogP contribution in [-0.4, -0.2) is 0 Å². The summed E-state index contributed by atoms with van der Waals surface area (Å²) in [6.07, 6.45) is 0. The average molecular weight is 225 g/mol. The fourth-order valence-corrected chi connectivity index (χ4v) is 1.63. The molecule has 0 N–H and O–H groups in total. The van der Waals surface area contributed by atoms with Gasteiger partial charge in [0.05, 0.1) is 12.8 Å². The Bertz CT molecular complexity index is 521. The molecule has 0 aromatic heterocycles. The van der Waals surface area contributed by atoms with Gasteiger partial charge in [-0.05, 0) is 11.6 Å². The van der Waals surface area contributed by atoms with E-state index in [0.29, 0.717) is 11.1 Å². The summed E-state index contributed by atoms with van der Waals surface area (Å²) < 4.78 is 14.9. The van der Waals surface area contributed by atoms with Crippen LogP contribution in [0.25, 0.3) is 11.1 Å². The predicted molar refractivity (Wildman–Crippen MR) is 61.9 cm³/mol. The monoisotopic (exact) mass is 224 g/mol. The van der Waals surface area contributed by atoms with Crippen LogP contribution in [0.4, 0.5) is 0 Å². The van der Waals surface area contributed by atoms with Gasteiger partial charge in [0.25, 0.3) is 0 Å². The summed E-state index contributed by atoms with van der Waals surface area (Å²) in [5.74, 6) is 0. The van der Waals surface area contributed by atoms with Gasteiger partial charge in [-0.25, -0.2) is 0 Å². The van der Waals surface area contributed by atoms with Crippen molar-refractivity contribution >= 4 is 23.2 Å². The molecule has 0 nitrogen and oxygen atoms in total. The molecule has 0 atom stereocenters. The van der Waals surface area contributed by atoms with Crippen LogP contribution >= 0.6 is 23.2 Å². The van der Waals surface area contributed by atoms with Crippen LogP contribution in [0.5, 0.6) is 0 Å². The van der Waals surface area contributed by atoms with E-state index in [9.17, 15) is 0 Å². The molecule has 14 heavy (non-hydrogen) atoms. The fourth-order valence-electron chi connectivity index (χ4n) is 1.24. The number of halogens is 2. The molecule has 0 saturated carbocycles. The molecule has 0 spiro atoms. The van der Waals surface area contributed by atoms with Crippen molar-refractivity contribution in [3.8, 4) is 11.1 Å². The highest BCUT2D eigenvalue weighted by Gasteiger charge is 2.05. The van der Waals surface area contributed by atoms with Crippen LogP contribution in [0.1, 0.15) is 2.74 Å². The van der Waals surface area contributed by atoms with Gasteiger partial charge in [-0.1, -0.05) is 65.6 Å². The Morgan fingerprint density at radius 1 is 1.00 bits per heavy atom. The van der Waals surface area contributed by atoms with E-state index in [0.717, 1.165) is 11.1 Å². The number of hydrogen-bond acceptors (Lipinski definition) is 0. The van der Waals surface area contributed by atoms with Gasteiger partial charge in [0.15, 0.2) is 0 Å². The highest BCUT2D eigenvalue weighted by Crippen LogP contribution is 2.32. The van der Waals surface area contributed by atoms with Crippen LogP contribution in [0, 0.1) is 0 Å². The standard InChI is InChI=1S/C12H8Cl2/c13-11-8-4-7-10(12(11)14)9-5-2-1-3-6-9/h1-8H/i1D,8D. The van der Waals surface area contributed by atoms with Crippen molar-refractivity contribution in [1.29, 1.82) is 0 Å². The van der Waals surface area contributed by atoms with E-state index in [1.165, 1.54) is 0 Å². The Balaban J connectivity index is 2.57. The third-order valence-electron chi connectivity index (χ3n) is 1.92. The van der Waals surface area contributed by atoms with Gasteiger partial charge >= 0.3 is 0 Å². The summed E-state index contributed by atoms with van der Waals surface area (Å²) in [6, 6.07) is 11.0. The van der Waals surface area contributed by atoms with E-state index >= 15 is 0 Å². The van der Waals surface area contributed by atoms with Crippen LogP contribution in [0.3, 0.4) is 0 Å². The van der Waals surface area contributed by atoms with Crippen molar-refractivity contribution < 1.29 is 2.74 Å². The second kappa shape index (κ2) is 4.04. The van der Waals surface area contributed by atoms with Crippen LogP contribution in [0.15, 0.2) is 48.5 Å². The van der Waals surface area contributed by atoms with Crippen molar-refractivity contribution in [2.45, 2.75) is 0 Å². The highest BCUT2D eigenvalue weighted by atomic mass is 35.5. The molecule has 0 amide bonds. The van der Waals surface area contributed by atoms with E-state index in [2.05, 4.69) is 0 Å². The molecule has 0 unspecified atom stereocenters. The second-order valence-electron chi connectivity index (χ2n) is 2.81. The largest absolute Gasteiger partial charge is 0.0827 e. The molecular weight excluding hydrogens is 215 g/mol. The van der Waals surface area contributed by atoms with E-state index in [1.54, 1.807) is 24.3 Å². The smallest absolute Gasteiger partial charge is 0.0670 e. The van der Waals surface area contributed by atoms with E-state index in [1.807, 2.05) is 12.1 Å². The molecule has 0 aliphatic heterocycles. The van der Waals surface area contributed by atoms with Crippen LogP contribution in [0.2, 0.25) is 10.0 Å². The Labute approximate surface area is 95.9 Å². The van der Waals surface area contributed by atoms with Gasteiger partial charge in [0, 0.05) is 5.56 Å². The first-order chi connectivity index (χ1) is 7.59. The lowest BCUT2D eigenvalue weighted by Crippen LogP contribution is -1.79. The van der Waals surface area contributed by atoms with Crippen molar-refractivity contribution in [1.82, 2.24) is 0 Å². The lowest BCUT2D eigenvalue weighted by atomic mass is 10.1. The third kappa shape index (κ3) is 1.77. The molecule has 0 aliphatic rings. The second-order valence-corrected chi connectivity index (χ2v) is 3.56. The summed E-state index contributed by atoms with van der Waals surface area (Å²) in [7, 11) is 0. The SMILES string of the molecule is [2H]c1ccc(-c2ccc([2H])c(Cl)c2Cl)cc1. The summed E-state index contributed by atoms with van der Waals surface area (Å²) in [5.41, 5.74) is 1.67. The van der Waals surface area contributed by atoms with Crippen molar-refractivity contribution in [2.75, 3.05) is 0 Å². The predicted octanol–water partition coefficient (Wildman–Crippen LogP) is 4.66. The molecule has 0 fully saturated rings. The van der Waals surface area contributed by atoms with Crippen molar-refractivity contribution in [3.05, 3.63) is 58.5 Å². The van der Waals surface area contributed by atoms with Crippen molar-refractivity contribution in [2.24, 2.45) is 0 Å².